The highest BCUT2D eigenvalue weighted by Gasteiger charge is 2.22. The van der Waals surface area contributed by atoms with Gasteiger partial charge in [-0.3, -0.25) is 4.90 Å². The maximum atomic E-state index is 12.5. The van der Waals surface area contributed by atoms with Gasteiger partial charge in [0.25, 0.3) is 0 Å². The Kier molecular flexibility index (Phi) is 6.52. The van der Waals surface area contributed by atoms with Gasteiger partial charge in [0, 0.05) is 47.8 Å². The molecule has 0 saturated carbocycles. The summed E-state index contributed by atoms with van der Waals surface area (Å²) in [6.45, 7) is 3.83. The summed E-state index contributed by atoms with van der Waals surface area (Å²) in [5.41, 5.74) is 2.82. The number of anilines is 1. The van der Waals surface area contributed by atoms with Crippen molar-refractivity contribution in [1.82, 2.24) is 14.8 Å². The van der Waals surface area contributed by atoms with Crippen molar-refractivity contribution < 1.29 is 9.53 Å². The fourth-order valence-corrected chi connectivity index (χ4v) is 4.28. The van der Waals surface area contributed by atoms with Gasteiger partial charge in [0.1, 0.15) is 10.8 Å². The number of hydrogen-bond acceptors (Lipinski definition) is 5. The number of ether oxygens (including phenoxy) is 1. The smallest absolute Gasteiger partial charge is 0.321 e. The first-order valence-corrected chi connectivity index (χ1v) is 11.0. The number of hydrogen-bond donors (Lipinski definition) is 1. The standard InChI is InChI=1S/C22H23ClN4O2S/c1-29-19-8-2-16(3-9-19)20-15-30-21(25-20)14-26-10-12-27(13-11-26)22(28)24-18-6-4-17(23)5-7-18/h2-9,15H,10-14H2,1H3,(H,24,28). The molecule has 1 aliphatic rings. The first kappa shape index (κ1) is 20.7. The van der Waals surface area contributed by atoms with Crippen LogP contribution in [0.25, 0.3) is 11.3 Å². The number of rotatable bonds is 5. The van der Waals surface area contributed by atoms with Crippen LogP contribution >= 0.6 is 22.9 Å². The zero-order valence-corrected chi connectivity index (χ0v) is 18.2. The van der Waals surface area contributed by atoms with Crippen LogP contribution in [0.3, 0.4) is 0 Å². The summed E-state index contributed by atoms with van der Waals surface area (Å²) in [5, 5.41) is 6.75. The highest BCUT2D eigenvalue weighted by atomic mass is 35.5. The monoisotopic (exact) mass is 442 g/mol. The minimum absolute atomic E-state index is 0.0759. The second-order valence-corrected chi connectivity index (χ2v) is 8.43. The number of benzene rings is 2. The van der Waals surface area contributed by atoms with E-state index in [-0.39, 0.29) is 6.03 Å². The Bertz CT molecular complexity index is 983. The molecule has 2 heterocycles. The van der Waals surface area contributed by atoms with E-state index in [1.165, 1.54) is 0 Å². The van der Waals surface area contributed by atoms with Crippen LogP contribution < -0.4 is 10.1 Å². The summed E-state index contributed by atoms with van der Waals surface area (Å²) in [7, 11) is 1.66. The maximum Gasteiger partial charge on any atom is 0.321 e. The van der Waals surface area contributed by atoms with Gasteiger partial charge in [-0.05, 0) is 48.5 Å². The number of methoxy groups -OCH3 is 1. The van der Waals surface area contributed by atoms with E-state index in [1.54, 1.807) is 42.7 Å². The van der Waals surface area contributed by atoms with E-state index in [4.69, 9.17) is 21.3 Å². The van der Waals surface area contributed by atoms with Crippen LogP contribution in [0.2, 0.25) is 5.02 Å². The second kappa shape index (κ2) is 9.47. The topological polar surface area (TPSA) is 57.7 Å². The minimum Gasteiger partial charge on any atom is -0.497 e. The predicted molar refractivity (Wildman–Crippen MR) is 121 cm³/mol. The van der Waals surface area contributed by atoms with Crippen LogP contribution in [0.15, 0.2) is 53.9 Å². The number of nitrogens with zero attached hydrogens (tertiary/aromatic N) is 3. The van der Waals surface area contributed by atoms with Crippen molar-refractivity contribution in [3.63, 3.8) is 0 Å². The van der Waals surface area contributed by atoms with E-state index in [1.807, 2.05) is 29.2 Å². The molecule has 4 rings (SSSR count). The van der Waals surface area contributed by atoms with Crippen molar-refractivity contribution in [2.24, 2.45) is 0 Å². The quantitative estimate of drug-likeness (QED) is 0.615. The lowest BCUT2D eigenvalue weighted by Crippen LogP contribution is -2.49. The molecule has 0 bridgehead atoms. The summed E-state index contributed by atoms with van der Waals surface area (Å²) in [6, 6.07) is 15.0. The maximum absolute atomic E-state index is 12.5. The van der Waals surface area contributed by atoms with Crippen LogP contribution in [-0.2, 0) is 6.54 Å². The number of urea groups is 1. The van der Waals surface area contributed by atoms with Gasteiger partial charge >= 0.3 is 6.03 Å². The fraction of sp³-hybridized carbons (Fsp3) is 0.273. The summed E-state index contributed by atoms with van der Waals surface area (Å²) in [5.74, 6) is 0.840. The molecule has 156 valence electrons. The Morgan fingerprint density at radius 1 is 1.10 bits per heavy atom. The summed E-state index contributed by atoms with van der Waals surface area (Å²) in [6.07, 6.45) is 0. The molecule has 30 heavy (non-hydrogen) atoms. The number of piperazine rings is 1. The molecule has 1 aromatic heterocycles. The lowest BCUT2D eigenvalue weighted by molar-refractivity contribution is 0.143. The Morgan fingerprint density at radius 2 is 1.80 bits per heavy atom. The molecule has 1 fully saturated rings. The molecule has 2 aromatic carbocycles. The number of amides is 2. The molecule has 0 spiro atoms. The van der Waals surface area contributed by atoms with Gasteiger partial charge in [0.15, 0.2) is 0 Å². The van der Waals surface area contributed by atoms with Crippen molar-refractivity contribution in [2.45, 2.75) is 6.54 Å². The number of nitrogens with one attached hydrogen (secondary N) is 1. The Labute approximate surface area is 185 Å². The molecule has 8 heteroatoms. The van der Waals surface area contributed by atoms with Crippen molar-refractivity contribution in [2.75, 3.05) is 38.6 Å². The van der Waals surface area contributed by atoms with E-state index < -0.39 is 0 Å². The minimum atomic E-state index is -0.0759. The third-order valence-electron chi connectivity index (χ3n) is 5.05. The van der Waals surface area contributed by atoms with Crippen LogP contribution in [0, 0.1) is 0 Å². The zero-order valence-electron chi connectivity index (χ0n) is 16.7. The van der Waals surface area contributed by atoms with Gasteiger partial charge < -0.3 is 15.0 Å². The number of carbonyl (C=O) groups is 1. The SMILES string of the molecule is COc1ccc(-c2csc(CN3CCN(C(=O)Nc4ccc(Cl)cc4)CC3)n2)cc1. The van der Waals surface area contributed by atoms with Gasteiger partial charge in [0.05, 0.1) is 19.3 Å². The Balaban J connectivity index is 1.28. The van der Waals surface area contributed by atoms with E-state index in [2.05, 4.69) is 15.6 Å². The average Bonchev–Trinajstić information content (AvgIpc) is 3.24. The molecule has 2 amide bonds. The number of thiazole rings is 1. The third kappa shape index (κ3) is 5.11. The number of halogens is 1. The first-order chi connectivity index (χ1) is 14.6. The predicted octanol–water partition coefficient (Wildman–Crippen LogP) is 4.82. The molecule has 0 radical (unpaired) electrons. The molecule has 1 saturated heterocycles. The van der Waals surface area contributed by atoms with Crippen LogP contribution in [0.5, 0.6) is 5.75 Å². The molecule has 1 aliphatic heterocycles. The molecule has 0 aliphatic carbocycles. The van der Waals surface area contributed by atoms with Crippen molar-refractivity contribution in [3.05, 3.63) is 63.9 Å². The number of aromatic nitrogens is 1. The van der Waals surface area contributed by atoms with E-state index in [0.29, 0.717) is 18.1 Å². The Hall–Kier alpha value is -2.61. The molecular weight excluding hydrogens is 420 g/mol. The largest absolute Gasteiger partial charge is 0.497 e. The molecule has 6 nitrogen and oxygen atoms in total. The Morgan fingerprint density at radius 3 is 2.47 bits per heavy atom. The highest BCUT2D eigenvalue weighted by molar-refractivity contribution is 7.09. The molecule has 0 atom stereocenters. The molecular formula is C22H23ClN4O2S. The summed E-state index contributed by atoms with van der Waals surface area (Å²) >= 11 is 7.56. The first-order valence-electron chi connectivity index (χ1n) is 9.73. The third-order valence-corrected chi connectivity index (χ3v) is 6.14. The van der Waals surface area contributed by atoms with Gasteiger partial charge in [-0.2, -0.15) is 0 Å². The lowest BCUT2D eigenvalue weighted by Gasteiger charge is -2.34. The van der Waals surface area contributed by atoms with Crippen LogP contribution in [-0.4, -0.2) is 54.1 Å². The van der Waals surface area contributed by atoms with Crippen molar-refractivity contribution in [1.29, 1.82) is 0 Å². The van der Waals surface area contributed by atoms with Crippen molar-refractivity contribution in [3.8, 4) is 17.0 Å². The van der Waals surface area contributed by atoms with E-state index in [0.717, 1.165) is 47.3 Å². The summed E-state index contributed by atoms with van der Waals surface area (Å²) in [4.78, 5) is 21.4. The van der Waals surface area contributed by atoms with Crippen molar-refractivity contribution >= 4 is 34.7 Å². The fourth-order valence-electron chi connectivity index (χ4n) is 3.31. The second-order valence-electron chi connectivity index (χ2n) is 7.06. The molecule has 3 aromatic rings. The van der Waals surface area contributed by atoms with Gasteiger partial charge in [-0.15, -0.1) is 11.3 Å². The van der Waals surface area contributed by atoms with Crippen LogP contribution in [0.1, 0.15) is 5.01 Å². The van der Waals surface area contributed by atoms with Crippen LogP contribution in [0.4, 0.5) is 10.5 Å². The number of carbonyl (C=O) groups excluding carboxylic acids is 1. The molecule has 0 unspecified atom stereocenters. The molecule has 1 N–H and O–H groups in total. The highest BCUT2D eigenvalue weighted by Crippen LogP contribution is 2.25. The van der Waals surface area contributed by atoms with E-state index >= 15 is 0 Å². The van der Waals surface area contributed by atoms with Gasteiger partial charge in [-0.25, -0.2) is 9.78 Å². The average molecular weight is 443 g/mol. The van der Waals surface area contributed by atoms with E-state index in [9.17, 15) is 4.79 Å². The van der Waals surface area contributed by atoms with Gasteiger partial charge in [-0.1, -0.05) is 11.6 Å². The summed E-state index contributed by atoms with van der Waals surface area (Å²) < 4.78 is 5.21. The van der Waals surface area contributed by atoms with Gasteiger partial charge in [0.2, 0.25) is 0 Å². The lowest BCUT2D eigenvalue weighted by atomic mass is 10.2. The zero-order chi connectivity index (χ0) is 20.9. The normalized spacial score (nSPS) is 14.5.